The van der Waals surface area contributed by atoms with E-state index in [4.69, 9.17) is 10.2 Å². The summed E-state index contributed by atoms with van der Waals surface area (Å²) >= 11 is 0. The van der Waals surface area contributed by atoms with Crippen LogP contribution < -0.4 is 5.32 Å². The number of para-hydroxylation sites is 1. The van der Waals surface area contributed by atoms with Crippen molar-refractivity contribution in [2.75, 3.05) is 5.32 Å². The third-order valence-corrected chi connectivity index (χ3v) is 1.94. The third kappa shape index (κ3) is 1.54. The van der Waals surface area contributed by atoms with Gasteiger partial charge in [-0.2, -0.15) is 0 Å². The fourth-order valence-corrected chi connectivity index (χ4v) is 1.27. The van der Waals surface area contributed by atoms with E-state index in [1.165, 1.54) is 0 Å². The maximum atomic E-state index is 8.86. The summed E-state index contributed by atoms with van der Waals surface area (Å²) in [5, 5.41) is 20.6. The number of aliphatic hydroxyl groups is 2. The van der Waals surface area contributed by atoms with E-state index >= 15 is 0 Å². The van der Waals surface area contributed by atoms with Crippen LogP contribution in [0.2, 0.25) is 0 Å². The Bertz CT molecular complexity index is 347. The van der Waals surface area contributed by atoms with Crippen LogP contribution in [-0.4, -0.2) is 22.3 Å². The van der Waals surface area contributed by atoms with Gasteiger partial charge in [-0.1, -0.05) is 18.2 Å². The maximum Gasteiger partial charge on any atom is 0.211 e. The molecule has 0 aromatic heterocycles. The van der Waals surface area contributed by atoms with Crippen molar-refractivity contribution in [1.29, 1.82) is 0 Å². The fourth-order valence-electron chi connectivity index (χ4n) is 1.27. The third-order valence-electron chi connectivity index (χ3n) is 1.94. The molecule has 1 aromatic carbocycles. The Kier molecular flexibility index (Phi) is 2.00. The number of aliphatic hydroxyl groups excluding tert-OH is 1. The summed E-state index contributed by atoms with van der Waals surface area (Å²) in [5.41, 5.74) is 1.95. The van der Waals surface area contributed by atoms with Crippen molar-refractivity contribution in [3.05, 3.63) is 29.8 Å². The molecule has 0 unspecified atom stereocenters. The molecule has 13 heavy (non-hydrogen) atoms. The summed E-state index contributed by atoms with van der Waals surface area (Å²) < 4.78 is 0. The van der Waals surface area contributed by atoms with Crippen molar-refractivity contribution in [1.82, 2.24) is 0 Å². The molecule has 3 N–H and O–H groups in total. The average molecular weight is 178 g/mol. The van der Waals surface area contributed by atoms with Gasteiger partial charge in [0, 0.05) is 5.69 Å². The van der Waals surface area contributed by atoms with Crippen molar-refractivity contribution in [2.24, 2.45) is 4.99 Å². The van der Waals surface area contributed by atoms with Gasteiger partial charge in [-0.05, 0) is 11.6 Å². The van der Waals surface area contributed by atoms with Gasteiger partial charge in [-0.25, -0.2) is 0 Å². The largest absolute Gasteiger partial charge is 0.362 e. The lowest BCUT2D eigenvalue weighted by Crippen LogP contribution is -2.30. The van der Waals surface area contributed by atoms with Crippen molar-refractivity contribution in [3.63, 3.8) is 0 Å². The summed E-state index contributed by atoms with van der Waals surface area (Å²) in [5.74, 6) is 0.207. The monoisotopic (exact) mass is 178 g/mol. The van der Waals surface area contributed by atoms with Crippen LogP contribution in [0.3, 0.4) is 0 Å². The fraction of sp³-hybridized carbons (Fsp3) is 0.222. The number of nitrogens with one attached hydrogen (secondary N) is 1. The lowest BCUT2D eigenvalue weighted by molar-refractivity contribution is 0.0192. The average Bonchev–Trinajstić information content (AvgIpc) is 2.17. The molecule has 0 aliphatic carbocycles. The lowest BCUT2D eigenvalue weighted by Gasteiger charge is -2.18. The molecule has 1 aliphatic heterocycles. The van der Waals surface area contributed by atoms with Crippen LogP contribution in [0.4, 0.5) is 5.69 Å². The Morgan fingerprint density at radius 2 is 2.08 bits per heavy atom. The smallest absolute Gasteiger partial charge is 0.211 e. The number of fused-ring (bicyclic) bond motifs is 1. The second-order valence-electron chi connectivity index (χ2n) is 2.86. The minimum absolute atomic E-state index is 0.207. The minimum atomic E-state index is -1.52. The van der Waals surface area contributed by atoms with Crippen molar-refractivity contribution < 1.29 is 10.2 Å². The second-order valence-corrected chi connectivity index (χ2v) is 2.86. The molecule has 0 saturated carbocycles. The van der Waals surface area contributed by atoms with E-state index in [0.717, 1.165) is 11.3 Å². The number of hydrogen-bond donors (Lipinski definition) is 3. The molecule has 2 rings (SSSR count). The maximum absolute atomic E-state index is 8.86. The van der Waals surface area contributed by atoms with Crippen LogP contribution >= 0.6 is 0 Å². The zero-order valence-electron chi connectivity index (χ0n) is 6.94. The standard InChI is InChI=1S/C9H10N2O2/c12-9(13)8-10-5-6-3-1-2-4-7(6)11-8/h1-4,9,12-13H,5H2,(H,10,11). The predicted octanol–water partition coefficient (Wildman–Crippen LogP) is 0.321. The van der Waals surface area contributed by atoms with Gasteiger partial charge in [0.25, 0.3) is 0 Å². The summed E-state index contributed by atoms with van der Waals surface area (Å²) in [6.07, 6.45) is -1.52. The van der Waals surface area contributed by atoms with Crippen LogP contribution in [-0.2, 0) is 6.54 Å². The summed E-state index contributed by atoms with van der Waals surface area (Å²) in [7, 11) is 0. The molecule has 0 radical (unpaired) electrons. The Hall–Kier alpha value is -1.39. The van der Waals surface area contributed by atoms with Crippen LogP contribution in [0.5, 0.6) is 0 Å². The molecule has 68 valence electrons. The number of amidine groups is 1. The molecular weight excluding hydrogens is 168 g/mol. The predicted molar refractivity (Wildman–Crippen MR) is 49.4 cm³/mol. The Morgan fingerprint density at radius 1 is 1.31 bits per heavy atom. The number of benzene rings is 1. The first-order valence-electron chi connectivity index (χ1n) is 4.03. The second kappa shape index (κ2) is 3.16. The minimum Gasteiger partial charge on any atom is -0.362 e. The topological polar surface area (TPSA) is 64.8 Å². The molecule has 1 aromatic rings. The molecule has 0 fully saturated rings. The zero-order chi connectivity index (χ0) is 9.26. The van der Waals surface area contributed by atoms with Gasteiger partial charge in [0.1, 0.15) is 0 Å². The number of aliphatic imine (C=N–C) groups is 1. The molecule has 0 amide bonds. The quantitative estimate of drug-likeness (QED) is 0.543. The van der Waals surface area contributed by atoms with E-state index in [9.17, 15) is 0 Å². The van der Waals surface area contributed by atoms with Gasteiger partial charge >= 0.3 is 0 Å². The summed E-state index contributed by atoms with van der Waals surface area (Å²) in [6.45, 7) is 0.496. The highest BCUT2D eigenvalue weighted by atomic mass is 16.5. The van der Waals surface area contributed by atoms with E-state index in [1.54, 1.807) is 0 Å². The molecule has 0 spiro atoms. The number of rotatable bonds is 1. The number of anilines is 1. The van der Waals surface area contributed by atoms with Gasteiger partial charge in [0.2, 0.25) is 6.29 Å². The Balaban J connectivity index is 2.28. The first-order chi connectivity index (χ1) is 6.27. The van der Waals surface area contributed by atoms with Crippen molar-refractivity contribution in [2.45, 2.75) is 12.8 Å². The Morgan fingerprint density at radius 3 is 2.85 bits per heavy atom. The molecular formula is C9H10N2O2. The number of nitrogens with zero attached hydrogens (tertiary/aromatic N) is 1. The molecule has 0 bridgehead atoms. The van der Waals surface area contributed by atoms with Gasteiger partial charge in [-0.3, -0.25) is 4.99 Å². The molecule has 1 aliphatic rings. The van der Waals surface area contributed by atoms with Crippen molar-refractivity contribution in [3.8, 4) is 0 Å². The highest BCUT2D eigenvalue weighted by Gasteiger charge is 2.14. The molecule has 0 atom stereocenters. The molecule has 0 saturated heterocycles. The van der Waals surface area contributed by atoms with Gasteiger partial charge in [-0.15, -0.1) is 0 Å². The first kappa shape index (κ1) is 8.22. The molecule has 1 heterocycles. The van der Waals surface area contributed by atoms with E-state index < -0.39 is 6.29 Å². The molecule has 4 nitrogen and oxygen atoms in total. The highest BCUT2D eigenvalue weighted by Crippen LogP contribution is 2.19. The lowest BCUT2D eigenvalue weighted by atomic mass is 10.1. The van der Waals surface area contributed by atoms with Crippen LogP contribution in [0, 0.1) is 0 Å². The molecule has 4 heteroatoms. The van der Waals surface area contributed by atoms with E-state index in [2.05, 4.69) is 10.3 Å². The van der Waals surface area contributed by atoms with Crippen LogP contribution in [0.25, 0.3) is 0 Å². The van der Waals surface area contributed by atoms with Gasteiger partial charge in [0.05, 0.1) is 6.54 Å². The van der Waals surface area contributed by atoms with Crippen molar-refractivity contribution >= 4 is 11.5 Å². The number of hydrogen-bond acceptors (Lipinski definition) is 4. The van der Waals surface area contributed by atoms with E-state index in [0.29, 0.717) is 6.54 Å². The van der Waals surface area contributed by atoms with Gasteiger partial charge in [0.15, 0.2) is 5.84 Å². The normalized spacial score (nSPS) is 14.8. The summed E-state index contributed by atoms with van der Waals surface area (Å²) in [6, 6.07) is 7.65. The first-order valence-corrected chi connectivity index (χ1v) is 4.03. The Labute approximate surface area is 75.6 Å². The van der Waals surface area contributed by atoms with Gasteiger partial charge < -0.3 is 15.5 Å². The highest BCUT2D eigenvalue weighted by molar-refractivity contribution is 5.99. The van der Waals surface area contributed by atoms with E-state index in [-0.39, 0.29) is 5.84 Å². The van der Waals surface area contributed by atoms with E-state index in [1.807, 2.05) is 24.3 Å². The zero-order valence-corrected chi connectivity index (χ0v) is 6.94. The van der Waals surface area contributed by atoms with Crippen LogP contribution in [0.15, 0.2) is 29.3 Å². The summed E-state index contributed by atoms with van der Waals surface area (Å²) in [4.78, 5) is 3.98. The SMILES string of the molecule is OC(O)C1=NCc2ccccc2N1. The van der Waals surface area contributed by atoms with Crippen LogP contribution in [0.1, 0.15) is 5.56 Å².